The van der Waals surface area contributed by atoms with Crippen molar-refractivity contribution < 1.29 is 24.5 Å². The lowest BCUT2D eigenvalue weighted by Crippen LogP contribution is -2.52. The number of fused-ring (bicyclic) bond motifs is 2. The maximum Gasteiger partial charge on any atom is 0.324 e. The van der Waals surface area contributed by atoms with E-state index in [0.717, 1.165) is 30.4 Å². The monoisotopic (exact) mass is 479 g/mol. The van der Waals surface area contributed by atoms with E-state index >= 15 is 0 Å². The molecular formula is C29H37NO5. The van der Waals surface area contributed by atoms with Crippen LogP contribution in [0.3, 0.4) is 0 Å². The highest BCUT2D eigenvalue weighted by Gasteiger charge is 2.66. The zero-order chi connectivity index (χ0) is 25.0. The summed E-state index contributed by atoms with van der Waals surface area (Å²) in [6, 6.07) is 15.2. The van der Waals surface area contributed by atoms with Crippen molar-refractivity contribution in [3.8, 4) is 11.5 Å². The van der Waals surface area contributed by atoms with Gasteiger partial charge >= 0.3 is 11.9 Å². The van der Waals surface area contributed by atoms with Crippen LogP contribution in [0.1, 0.15) is 81.8 Å². The number of aliphatic carboxylic acids is 2. The number of unbranched alkanes of at least 4 members (excludes halogenated alkanes) is 6. The quantitative estimate of drug-likeness (QED) is 0.296. The number of carboxylic acid groups (broad SMARTS) is 2. The van der Waals surface area contributed by atoms with Gasteiger partial charge in [-0.05, 0) is 30.9 Å². The molecule has 1 heterocycles. The van der Waals surface area contributed by atoms with Crippen LogP contribution in [-0.2, 0) is 9.59 Å². The molecule has 1 saturated carbocycles. The Hall–Kier alpha value is -2.86. The Morgan fingerprint density at radius 3 is 1.97 bits per heavy atom. The van der Waals surface area contributed by atoms with Crippen LogP contribution < -0.4 is 10.5 Å². The van der Waals surface area contributed by atoms with Crippen LogP contribution in [0.2, 0.25) is 0 Å². The maximum atomic E-state index is 12.6. The lowest BCUT2D eigenvalue weighted by molar-refractivity contribution is -0.145. The standard InChI is InChI=1S/C29H37NO5/c1-2-3-4-5-6-7-8-15-21-25(27(31)32)26(21)29(30,28(33)34)18-22-19-13-9-11-16-23(19)35-24-17-12-10-14-20(22)24/h9-14,16-17,21-22,25-26H,2-8,15,18,30H2,1H3,(H,31,32)(H,33,34)/t21-,25+,26?,29?/m1/s1. The maximum absolute atomic E-state index is 12.6. The smallest absolute Gasteiger partial charge is 0.324 e. The summed E-state index contributed by atoms with van der Waals surface area (Å²) >= 11 is 0. The van der Waals surface area contributed by atoms with Crippen molar-refractivity contribution in [2.75, 3.05) is 0 Å². The summed E-state index contributed by atoms with van der Waals surface area (Å²) in [6.07, 6.45) is 8.82. The van der Waals surface area contributed by atoms with Gasteiger partial charge in [0.1, 0.15) is 17.0 Å². The molecule has 0 aromatic heterocycles. The second-order valence-corrected chi connectivity index (χ2v) is 10.2. The van der Waals surface area contributed by atoms with Crippen molar-refractivity contribution >= 4 is 11.9 Å². The van der Waals surface area contributed by atoms with E-state index in [0.29, 0.717) is 17.9 Å². The van der Waals surface area contributed by atoms with E-state index in [9.17, 15) is 19.8 Å². The summed E-state index contributed by atoms with van der Waals surface area (Å²) in [5.41, 5.74) is 6.82. The number of hydrogen-bond donors (Lipinski definition) is 3. The number of carboxylic acids is 2. The van der Waals surface area contributed by atoms with E-state index in [1.54, 1.807) is 0 Å². The third kappa shape index (κ3) is 5.22. The molecular weight excluding hydrogens is 442 g/mol. The Bertz CT molecular complexity index is 1010. The van der Waals surface area contributed by atoms with Crippen molar-refractivity contribution in [3.05, 3.63) is 59.7 Å². The Labute approximate surface area is 207 Å². The molecule has 0 amide bonds. The SMILES string of the molecule is CCCCCCCCC[C@H]1C(C(N)(CC2c3ccccc3Oc3ccccc32)C(=O)O)[C@H]1C(=O)O. The van der Waals surface area contributed by atoms with Gasteiger partial charge in [0, 0.05) is 23.0 Å². The molecule has 0 spiro atoms. The molecule has 6 heteroatoms. The lowest BCUT2D eigenvalue weighted by Gasteiger charge is -2.34. The summed E-state index contributed by atoms with van der Waals surface area (Å²) in [5, 5.41) is 20.2. The fourth-order valence-corrected chi connectivity index (χ4v) is 6.04. The minimum atomic E-state index is -1.64. The van der Waals surface area contributed by atoms with Crippen molar-refractivity contribution in [3.63, 3.8) is 0 Å². The topological polar surface area (TPSA) is 110 Å². The van der Waals surface area contributed by atoms with Crippen LogP contribution in [0.5, 0.6) is 11.5 Å². The third-order valence-corrected chi connectivity index (χ3v) is 7.94. The van der Waals surface area contributed by atoms with Gasteiger partial charge in [0.25, 0.3) is 0 Å². The first kappa shape index (κ1) is 25.2. The zero-order valence-electron chi connectivity index (χ0n) is 20.5. The fraction of sp³-hybridized carbons (Fsp3) is 0.517. The molecule has 35 heavy (non-hydrogen) atoms. The van der Waals surface area contributed by atoms with E-state index in [4.69, 9.17) is 10.5 Å². The number of para-hydroxylation sites is 2. The average Bonchev–Trinajstić information content (AvgIpc) is 3.58. The molecule has 0 bridgehead atoms. The molecule has 2 aromatic rings. The molecule has 2 unspecified atom stereocenters. The Morgan fingerprint density at radius 2 is 1.43 bits per heavy atom. The first-order valence-electron chi connectivity index (χ1n) is 13.0. The van der Waals surface area contributed by atoms with E-state index < -0.39 is 29.3 Å². The minimum absolute atomic E-state index is 0.127. The highest BCUT2D eigenvalue weighted by Crippen LogP contribution is 2.58. The van der Waals surface area contributed by atoms with Crippen LogP contribution in [0.25, 0.3) is 0 Å². The molecule has 4 atom stereocenters. The molecule has 4 rings (SSSR count). The van der Waals surface area contributed by atoms with Gasteiger partial charge in [-0.3, -0.25) is 9.59 Å². The van der Waals surface area contributed by atoms with Crippen LogP contribution in [-0.4, -0.2) is 27.7 Å². The number of ether oxygens (including phenoxy) is 1. The van der Waals surface area contributed by atoms with Crippen LogP contribution in [0, 0.1) is 17.8 Å². The summed E-state index contributed by atoms with van der Waals surface area (Å²) in [6.45, 7) is 2.19. The molecule has 188 valence electrons. The number of hydrogen-bond acceptors (Lipinski definition) is 4. The van der Waals surface area contributed by atoms with Crippen molar-refractivity contribution in [1.29, 1.82) is 0 Å². The van der Waals surface area contributed by atoms with Crippen molar-refractivity contribution in [1.82, 2.24) is 0 Å². The third-order valence-electron chi connectivity index (χ3n) is 7.94. The van der Waals surface area contributed by atoms with Gasteiger partial charge in [-0.2, -0.15) is 0 Å². The summed E-state index contributed by atoms with van der Waals surface area (Å²) in [7, 11) is 0. The van der Waals surface area contributed by atoms with Crippen LogP contribution in [0.15, 0.2) is 48.5 Å². The van der Waals surface area contributed by atoms with E-state index in [1.807, 2.05) is 48.5 Å². The Balaban J connectivity index is 1.53. The summed E-state index contributed by atoms with van der Waals surface area (Å²) in [4.78, 5) is 24.7. The molecule has 1 aliphatic carbocycles. The van der Waals surface area contributed by atoms with E-state index in [2.05, 4.69) is 6.92 Å². The molecule has 2 aliphatic rings. The molecule has 4 N–H and O–H groups in total. The van der Waals surface area contributed by atoms with Crippen LogP contribution >= 0.6 is 0 Å². The van der Waals surface area contributed by atoms with E-state index in [-0.39, 0.29) is 18.3 Å². The summed E-state index contributed by atoms with van der Waals surface area (Å²) < 4.78 is 6.06. The highest BCUT2D eigenvalue weighted by molar-refractivity contribution is 5.84. The van der Waals surface area contributed by atoms with E-state index in [1.165, 1.54) is 25.7 Å². The predicted molar refractivity (Wildman–Crippen MR) is 135 cm³/mol. The molecule has 1 fully saturated rings. The largest absolute Gasteiger partial charge is 0.481 e. The van der Waals surface area contributed by atoms with Crippen molar-refractivity contribution in [2.45, 2.75) is 76.2 Å². The lowest BCUT2D eigenvalue weighted by atomic mass is 9.75. The number of carbonyl (C=O) groups is 2. The average molecular weight is 480 g/mol. The molecule has 1 aliphatic heterocycles. The minimum Gasteiger partial charge on any atom is -0.481 e. The number of nitrogens with two attached hydrogens (primary N) is 1. The van der Waals surface area contributed by atoms with Gasteiger partial charge in [0.05, 0.1) is 5.92 Å². The van der Waals surface area contributed by atoms with Crippen LogP contribution in [0.4, 0.5) is 0 Å². The second-order valence-electron chi connectivity index (χ2n) is 10.2. The predicted octanol–water partition coefficient (Wildman–Crippen LogP) is 6.18. The molecule has 6 nitrogen and oxygen atoms in total. The number of benzene rings is 2. The van der Waals surface area contributed by atoms with Gasteiger partial charge in [-0.15, -0.1) is 0 Å². The van der Waals surface area contributed by atoms with Gasteiger partial charge in [-0.25, -0.2) is 0 Å². The van der Waals surface area contributed by atoms with Gasteiger partial charge in [0.15, 0.2) is 0 Å². The zero-order valence-corrected chi connectivity index (χ0v) is 20.5. The number of rotatable bonds is 13. The van der Waals surface area contributed by atoms with Crippen molar-refractivity contribution in [2.24, 2.45) is 23.5 Å². The molecule has 0 radical (unpaired) electrons. The Morgan fingerprint density at radius 1 is 0.886 bits per heavy atom. The summed E-state index contributed by atoms with van der Waals surface area (Å²) in [5.74, 6) is -2.46. The first-order valence-corrected chi connectivity index (χ1v) is 13.0. The first-order chi connectivity index (χ1) is 16.9. The van der Waals surface area contributed by atoms with Gasteiger partial charge in [-0.1, -0.05) is 88.3 Å². The highest BCUT2D eigenvalue weighted by atomic mass is 16.5. The second kappa shape index (κ2) is 10.8. The fourth-order valence-electron chi connectivity index (χ4n) is 6.04. The normalized spacial score (nSPS) is 22.4. The Kier molecular flexibility index (Phi) is 7.80. The van der Waals surface area contributed by atoms with Gasteiger partial charge < -0.3 is 20.7 Å². The molecule has 2 aromatic carbocycles. The van der Waals surface area contributed by atoms with Gasteiger partial charge in [0.2, 0.25) is 0 Å². The molecule has 0 saturated heterocycles.